The summed E-state index contributed by atoms with van der Waals surface area (Å²) in [7, 11) is 0. The monoisotopic (exact) mass is 300 g/mol. The lowest BCUT2D eigenvalue weighted by Crippen LogP contribution is -2.49. The largest absolute Gasteiger partial charge is 0.416 e. The zero-order chi connectivity index (χ0) is 15.6. The molecular formula is C15H19F3N2O. The Morgan fingerprint density at radius 3 is 2.43 bits per heavy atom. The topological polar surface area (TPSA) is 32.3 Å². The molecule has 0 aromatic heterocycles. The number of nitrogens with one attached hydrogen (secondary N) is 1. The first-order valence-electron chi connectivity index (χ1n) is 7.05. The predicted octanol–water partition coefficient (Wildman–Crippen LogP) is 4.50. The Labute approximate surface area is 122 Å². The maximum absolute atomic E-state index is 12.7. The van der Waals surface area contributed by atoms with E-state index in [0.29, 0.717) is 0 Å². The van der Waals surface area contributed by atoms with Crippen LogP contribution in [0.15, 0.2) is 24.3 Å². The first-order valence-corrected chi connectivity index (χ1v) is 7.05. The van der Waals surface area contributed by atoms with Crippen LogP contribution in [0.3, 0.4) is 0 Å². The molecule has 1 fully saturated rings. The highest BCUT2D eigenvalue weighted by atomic mass is 19.4. The summed E-state index contributed by atoms with van der Waals surface area (Å²) < 4.78 is 38.0. The van der Waals surface area contributed by atoms with Gasteiger partial charge in [0.15, 0.2) is 0 Å². The molecule has 1 aromatic carbocycles. The molecule has 0 aliphatic carbocycles. The van der Waals surface area contributed by atoms with Gasteiger partial charge in [0.05, 0.1) is 5.56 Å². The molecule has 1 heterocycles. The molecule has 6 heteroatoms. The molecule has 0 spiro atoms. The summed E-state index contributed by atoms with van der Waals surface area (Å²) in [6.45, 7) is 3.92. The van der Waals surface area contributed by atoms with Crippen LogP contribution in [0.1, 0.15) is 38.7 Å². The van der Waals surface area contributed by atoms with Crippen molar-refractivity contribution in [2.75, 3.05) is 5.32 Å². The maximum Gasteiger partial charge on any atom is 0.416 e. The Hall–Kier alpha value is -1.72. The van der Waals surface area contributed by atoms with Crippen molar-refractivity contribution in [3.8, 4) is 0 Å². The minimum atomic E-state index is -4.41. The second-order valence-electron chi connectivity index (χ2n) is 5.54. The van der Waals surface area contributed by atoms with Gasteiger partial charge in [-0.15, -0.1) is 0 Å². The van der Waals surface area contributed by atoms with Crippen molar-refractivity contribution in [3.63, 3.8) is 0 Å². The number of alkyl halides is 3. The Kier molecular flexibility index (Phi) is 4.44. The average molecular weight is 300 g/mol. The average Bonchev–Trinajstić information content (AvgIpc) is 2.37. The summed E-state index contributed by atoms with van der Waals surface area (Å²) in [5.74, 6) is 0. The van der Waals surface area contributed by atoms with Crippen molar-refractivity contribution < 1.29 is 18.0 Å². The fourth-order valence-corrected chi connectivity index (χ4v) is 2.78. The van der Waals surface area contributed by atoms with Crippen molar-refractivity contribution >= 4 is 11.7 Å². The summed E-state index contributed by atoms with van der Waals surface area (Å²) in [4.78, 5) is 14.0. The minimum absolute atomic E-state index is 0.0968. The van der Waals surface area contributed by atoms with Gasteiger partial charge in [0.25, 0.3) is 0 Å². The molecule has 116 valence electrons. The van der Waals surface area contributed by atoms with E-state index in [0.717, 1.165) is 31.4 Å². The second kappa shape index (κ2) is 5.95. The maximum atomic E-state index is 12.7. The van der Waals surface area contributed by atoms with Gasteiger partial charge in [0.2, 0.25) is 0 Å². The summed E-state index contributed by atoms with van der Waals surface area (Å²) in [5, 5.41) is 2.57. The normalized spacial score (nSPS) is 23.0. The Bertz CT molecular complexity index is 506. The van der Waals surface area contributed by atoms with Crippen LogP contribution < -0.4 is 5.32 Å². The minimum Gasteiger partial charge on any atom is -0.319 e. The highest BCUT2D eigenvalue weighted by molar-refractivity contribution is 5.89. The first-order chi connectivity index (χ1) is 9.79. The number of amides is 2. The van der Waals surface area contributed by atoms with Crippen LogP contribution in [0.4, 0.5) is 23.7 Å². The van der Waals surface area contributed by atoms with Crippen LogP contribution in [0.5, 0.6) is 0 Å². The van der Waals surface area contributed by atoms with Gasteiger partial charge >= 0.3 is 12.2 Å². The lowest BCUT2D eigenvalue weighted by atomic mass is 9.98. The van der Waals surface area contributed by atoms with E-state index < -0.39 is 11.7 Å². The number of piperidine rings is 1. The molecule has 0 unspecified atom stereocenters. The van der Waals surface area contributed by atoms with Crippen LogP contribution in [0.25, 0.3) is 0 Å². The van der Waals surface area contributed by atoms with E-state index in [-0.39, 0.29) is 23.8 Å². The molecule has 0 bridgehead atoms. The summed E-state index contributed by atoms with van der Waals surface area (Å²) in [6, 6.07) is 4.56. The standard InChI is InChI=1S/C15H19F3N2O/c1-10-5-3-6-11(2)20(10)14(21)19-13-8-4-7-12(9-13)15(16,17)18/h4,7-11H,3,5-6H2,1-2H3,(H,19,21)/t10-,11-/m0/s1. The Morgan fingerprint density at radius 2 is 1.86 bits per heavy atom. The summed E-state index contributed by atoms with van der Waals surface area (Å²) >= 11 is 0. The lowest BCUT2D eigenvalue weighted by Gasteiger charge is -2.38. The molecule has 2 rings (SSSR count). The van der Waals surface area contributed by atoms with Gasteiger partial charge in [-0.1, -0.05) is 6.07 Å². The van der Waals surface area contributed by atoms with E-state index in [1.807, 2.05) is 13.8 Å². The van der Waals surface area contributed by atoms with Crippen LogP contribution in [-0.4, -0.2) is 23.0 Å². The van der Waals surface area contributed by atoms with Gasteiger partial charge in [-0.25, -0.2) is 4.79 Å². The van der Waals surface area contributed by atoms with Crippen LogP contribution in [0, 0.1) is 0 Å². The molecule has 2 amide bonds. The van der Waals surface area contributed by atoms with Gasteiger partial charge in [-0.05, 0) is 51.3 Å². The lowest BCUT2D eigenvalue weighted by molar-refractivity contribution is -0.137. The smallest absolute Gasteiger partial charge is 0.319 e. The number of hydrogen-bond donors (Lipinski definition) is 1. The number of nitrogens with zero attached hydrogens (tertiary/aromatic N) is 1. The number of halogens is 3. The van der Waals surface area contributed by atoms with Gasteiger partial charge in [0, 0.05) is 17.8 Å². The Morgan fingerprint density at radius 1 is 1.24 bits per heavy atom. The number of carbonyl (C=O) groups excluding carboxylic acids is 1. The van der Waals surface area contributed by atoms with Crippen molar-refractivity contribution in [2.45, 2.75) is 51.4 Å². The SMILES string of the molecule is C[C@H]1CCC[C@H](C)N1C(=O)Nc1cccc(C(F)(F)F)c1. The van der Waals surface area contributed by atoms with Gasteiger partial charge in [0.1, 0.15) is 0 Å². The molecule has 3 nitrogen and oxygen atoms in total. The van der Waals surface area contributed by atoms with Crippen LogP contribution in [-0.2, 0) is 6.18 Å². The predicted molar refractivity (Wildman–Crippen MR) is 75.1 cm³/mol. The molecule has 1 saturated heterocycles. The zero-order valence-electron chi connectivity index (χ0n) is 12.1. The quantitative estimate of drug-likeness (QED) is 0.813. The molecule has 1 aliphatic heterocycles. The molecule has 21 heavy (non-hydrogen) atoms. The molecule has 2 atom stereocenters. The molecule has 1 N–H and O–H groups in total. The van der Waals surface area contributed by atoms with E-state index in [1.165, 1.54) is 12.1 Å². The number of hydrogen-bond acceptors (Lipinski definition) is 1. The summed E-state index contributed by atoms with van der Waals surface area (Å²) in [6.07, 6.45) is -1.51. The Balaban J connectivity index is 2.12. The summed E-state index contributed by atoms with van der Waals surface area (Å²) in [5.41, 5.74) is -0.597. The number of benzene rings is 1. The highest BCUT2D eigenvalue weighted by Gasteiger charge is 2.31. The van der Waals surface area contributed by atoms with Crippen LogP contribution >= 0.6 is 0 Å². The van der Waals surface area contributed by atoms with Crippen molar-refractivity contribution in [1.29, 1.82) is 0 Å². The fraction of sp³-hybridized carbons (Fsp3) is 0.533. The van der Waals surface area contributed by atoms with Crippen molar-refractivity contribution in [3.05, 3.63) is 29.8 Å². The number of anilines is 1. The van der Waals surface area contributed by atoms with Gasteiger partial charge in [-0.2, -0.15) is 13.2 Å². The van der Waals surface area contributed by atoms with E-state index >= 15 is 0 Å². The molecule has 0 radical (unpaired) electrons. The van der Waals surface area contributed by atoms with Crippen LogP contribution in [0.2, 0.25) is 0 Å². The van der Waals surface area contributed by atoms with E-state index in [4.69, 9.17) is 0 Å². The molecular weight excluding hydrogens is 281 g/mol. The van der Waals surface area contributed by atoms with Gasteiger partial charge in [-0.3, -0.25) is 0 Å². The number of rotatable bonds is 1. The van der Waals surface area contributed by atoms with E-state index in [9.17, 15) is 18.0 Å². The fourth-order valence-electron chi connectivity index (χ4n) is 2.78. The van der Waals surface area contributed by atoms with E-state index in [1.54, 1.807) is 4.90 Å². The first kappa shape index (κ1) is 15.7. The van der Waals surface area contributed by atoms with E-state index in [2.05, 4.69) is 5.32 Å². The molecule has 0 saturated carbocycles. The third-order valence-corrected chi connectivity index (χ3v) is 3.87. The van der Waals surface area contributed by atoms with Crippen molar-refractivity contribution in [1.82, 2.24) is 4.90 Å². The number of likely N-dealkylation sites (tertiary alicyclic amines) is 1. The number of carbonyl (C=O) groups is 1. The zero-order valence-corrected chi connectivity index (χ0v) is 12.1. The molecule has 1 aliphatic rings. The third kappa shape index (κ3) is 3.68. The number of urea groups is 1. The van der Waals surface area contributed by atoms with Gasteiger partial charge < -0.3 is 10.2 Å². The third-order valence-electron chi connectivity index (χ3n) is 3.87. The van der Waals surface area contributed by atoms with Crippen molar-refractivity contribution in [2.24, 2.45) is 0 Å². The second-order valence-corrected chi connectivity index (χ2v) is 5.54. The highest BCUT2D eigenvalue weighted by Crippen LogP contribution is 2.31. The molecule has 1 aromatic rings.